The molecule has 0 saturated heterocycles. The predicted molar refractivity (Wildman–Crippen MR) is 96.7 cm³/mol. The molecule has 0 fully saturated rings. The number of aromatic nitrogens is 1. The Morgan fingerprint density at radius 1 is 1.35 bits per heavy atom. The maximum atomic E-state index is 12.3. The molecule has 2 amide bonds. The van der Waals surface area contributed by atoms with E-state index in [1.54, 1.807) is 25.2 Å². The lowest BCUT2D eigenvalue weighted by atomic mass is 9.87. The van der Waals surface area contributed by atoms with E-state index >= 15 is 0 Å². The van der Waals surface area contributed by atoms with Crippen LogP contribution in [-0.4, -0.2) is 39.8 Å². The number of nitrogens with zero attached hydrogens (tertiary/aromatic N) is 3. The minimum absolute atomic E-state index is 0.0149. The summed E-state index contributed by atoms with van der Waals surface area (Å²) >= 11 is 0. The molecular weight excluding hydrogens is 334 g/mol. The summed E-state index contributed by atoms with van der Waals surface area (Å²) in [6.45, 7) is 1.83. The van der Waals surface area contributed by atoms with Gasteiger partial charge in [0.05, 0.1) is 18.2 Å². The number of carbonyl (C=O) groups is 2. The molecule has 0 bridgehead atoms. The Morgan fingerprint density at radius 2 is 2.12 bits per heavy atom. The lowest BCUT2D eigenvalue weighted by molar-refractivity contribution is -0.128. The first-order valence-corrected chi connectivity index (χ1v) is 7.97. The van der Waals surface area contributed by atoms with Crippen LogP contribution in [0.2, 0.25) is 0 Å². The Morgan fingerprint density at radius 3 is 2.77 bits per heavy atom. The molecule has 1 atom stereocenters. The van der Waals surface area contributed by atoms with E-state index in [1.165, 1.54) is 23.2 Å². The lowest BCUT2D eigenvalue weighted by Gasteiger charge is -2.33. The summed E-state index contributed by atoms with van der Waals surface area (Å²) in [5, 5.41) is 12.0. The van der Waals surface area contributed by atoms with Crippen LogP contribution < -0.4 is 11.1 Å². The Kier molecular flexibility index (Phi) is 4.33. The van der Waals surface area contributed by atoms with E-state index in [9.17, 15) is 14.7 Å². The molecule has 1 aromatic heterocycles. The third kappa shape index (κ3) is 3.34. The van der Waals surface area contributed by atoms with Crippen molar-refractivity contribution in [2.75, 3.05) is 12.4 Å². The lowest BCUT2D eigenvalue weighted by Crippen LogP contribution is -2.47. The summed E-state index contributed by atoms with van der Waals surface area (Å²) in [6.07, 6.45) is 1.38. The number of amides is 2. The molecule has 0 spiro atoms. The second kappa shape index (κ2) is 6.47. The summed E-state index contributed by atoms with van der Waals surface area (Å²) in [5.41, 5.74) is 6.53. The number of rotatable bonds is 3. The first-order chi connectivity index (χ1) is 12.3. The fraction of sp³-hybridized carbons (Fsp3) is 0.222. The zero-order chi connectivity index (χ0) is 18.9. The van der Waals surface area contributed by atoms with Crippen LogP contribution in [0.1, 0.15) is 29.4 Å². The van der Waals surface area contributed by atoms with Crippen LogP contribution in [0, 0.1) is 0 Å². The smallest absolute Gasteiger partial charge is 0.274 e. The predicted octanol–water partition coefficient (Wildman–Crippen LogP) is 1.43. The van der Waals surface area contributed by atoms with Crippen LogP contribution >= 0.6 is 0 Å². The summed E-state index contributed by atoms with van der Waals surface area (Å²) in [6, 6.07) is 9.92. The number of anilines is 1. The van der Waals surface area contributed by atoms with Crippen LogP contribution in [0.4, 0.5) is 5.69 Å². The molecule has 8 nitrogen and oxygen atoms in total. The number of hydrogen-bond acceptors (Lipinski definition) is 6. The SMILES string of the molecule is CN1C(=O)CC(C)(c2cccc(NC(=O)c3ccc(O)cn3)c2)N=C1N. The molecule has 3 rings (SSSR count). The molecule has 0 radical (unpaired) electrons. The van der Waals surface area contributed by atoms with Gasteiger partial charge >= 0.3 is 0 Å². The van der Waals surface area contributed by atoms with Crippen LogP contribution in [0.25, 0.3) is 0 Å². The highest BCUT2D eigenvalue weighted by atomic mass is 16.3. The van der Waals surface area contributed by atoms with Gasteiger partial charge in [-0.05, 0) is 36.8 Å². The van der Waals surface area contributed by atoms with Gasteiger partial charge in [-0.15, -0.1) is 0 Å². The molecule has 1 aromatic carbocycles. The van der Waals surface area contributed by atoms with Gasteiger partial charge in [-0.25, -0.2) is 9.98 Å². The Hall–Kier alpha value is -3.42. The number of benzene rings is 1. The minimum atomic E-state index is -0.800. The molecule has 4 N–H and O–H groups in total. The van der Waals surface area contributed by atoms with Crippen LogP contribution in [0.3, 0.4) is 0 Å². The van der Waals surface area contributed by atoms with Crippen molar-refractivity contribution in [2.24, 2.45) is 10.7 Å². The molecule has 8 heteroatoms. The summed E-state index contributed by atoms with van der Waals surface area (Å²) in [7, 11) is 1.59. The topological polar surface area (TPSA) is 121 Å². The van der Waals surface area contributed by atoms with Gasteiger partial charge in [0, 0.05) is 12.7 Å². The Bertz CT molecular complexity index is 894. The molecule has 1 unspecified atom stereocenters. The molecule has 0 aliphatic carbocycles. The fourth-order valence-corrected chi connectivity index (χ4v) is 2.72. The summed E-state index contributed by atoms with van der Waals surface area (Å²) < 4.78 is 0. The van der Waals surface area contributed by atoms with Gasteiger partial charge in [0.15, 0.2) is 5.96 Å². The number of nitrogens with two attached hydrogens (primary N) is 1. The van der Waals surface area contributed by atoms with E-state index in [1.807, 2.05) is 13.0 Å². The second-order valence-electron chi connectivity index (χ2n) is 6.31. The highest BCUT2D eigenvalue weighted by molar-refractivity contribution is 6.03. The number of guanidine groups is 1. The highest BCUT2D eigenvalue weighted by Gasteiger charge is 2.36. The monoisotopic (exact) mass is 353 g/mol. The van der Waals surface area contributed by atoms with Gasteiger partial charge in [0.1, 0.15) is 11.4 Å². The van der Waals surface area contributed by atoms with Crippen molar-refractivity contribution < 1.29 is 14.7 Å². The Labute approximate surface area is 150 Å². The van der Waals surface area contributed by atoms with Crippen molar-refractivity contribution in [3.05, 3.63) is 53.9 Å². The third-order valence-corrected chi connectivity index (χ3v) is 4.30. The zero-order valence-corrected chi connectivity index (χ0v) is 14.4. The molecule has 2 heterocycles. The Balaban J connectivity index is 1.85. The van der Waals surface area contributed by atoms with E-state index in [2.05, 4.69) is 15.3 Å². The number of nitrogens with one attached hydrogen (secondary N) is 1. The van der Waals surface area contributed by atoms with Gasteiger partial charge in [0.25, 0.3) is 5.91 Å². The van der Waals surface area contributed by atoms with E-state index in [0.717, 1.165) is 5.56 Å². The van der Waals surface area contributed by atoms with Crippen molar-refractivity contribution in [3.8, 4) is 5.75 Å². The molecule has 1 aliphatic heterocycles. The van der Waals surface area contributed by atoms with Gasteiger partial charge in [-0.3, -0.25) is 14.5 Å². The van der Waals surface area contributed by atoms with Gasteiger partial charge in [0.2, 0.25) is 5.91 Å². The van der Waals surface area contributed by atoms with Crippen molar-refractivity contribution in [2.45, 2.75) is 18.9 Å². The standard InChI is InChI=1S/C18H19N5O3/c1-18(9-15(25)23(2)17(19)22-18)11-4-3-5-12(8-11)21-16(26)14-7-6-13(24)10-20-14/h3-8,10,24H,9H2,1-2H3,(H2,19,22)(H,21,26). The molecule has 26 heavy (non-hydrogen) atoms. The maximum Gasteiger partial charge on any atom is 0.274 e. The van der Waals surface area contributed by atoms with E-state index < -0.39 is 11.4 Å². The van der Waals surface area contributed by atoms with Crippen LogP contribution in [0.5, 0.6) is 5.75 Å². The first kappa shape index (κ1) is 17.4. The van der Waals surface area contributed by atoms with Crippen molar-refractivity contribution in [3.63, 3.8) is 0 Å². The largest absolute Gasteiger partial charge is 0.506 e. The quantitative estimate of drug-likeness (QED) is 0.771. The molecule has 134 valence electrons. The van der Waals surface area contributed by atoms with E-state index in [4.69, 9.17) is 5.73 Å². The number of aromatic hydroxyl groups is 1. The van der Waals surface area contributed by atoms with Gasteiger partial charge in [-0.1, -0.05) is 12.1 Å². The molecule has 0 saturated carbocycles. The third-order valence-electron chi connectivity index (χ3n) is 4.30. The van der Waals surface area contributed by atoms with Crippen molar-refractivity contribution in [1.29, 1.82) is 0 Å². The van der Waals surface area contributed by atoms with E-state index in [-0.39, 0.29) is 29.7 Å². The number of hydrogen-bond donors (Lipinski definition) is 3. The highest BCUT2D eigenvalue weighted by Crippen LogP contribution is 2.34. The molecule has 1 aliphatic rings. The maximum absolute atomic E-state index is 12.3. The van der Waals surface area contributed by atoms with Crippen LogP contribution in [0.15, 0.2) is 47.6 Å². The van der Waals surface area contributed by atoms with Crippen LogP contribution in [-0.2, 0) is 10.3 Å². The molecular formula is C18H19N5O3. The number of carbonyl (C=O) groups excluding carboxylic acids is 2. The first-order valence-electron chi connectivity index (χ1n) is 7.97. The van der Waals surface area contributed by atoms with Gasteiger partial charge < -0.3 is 16.2 Å². The summed E-state index contributed by atoms with van der Waals surface area (Å²) in [5.74, 6) is -0.386. The summed E-state index contributed by atoms with van der Waals surface area (Å²) in [4.78, 5) is 34.1. The fourth-order valence-electron chi connectivity index (χ4n) is 2.72. The molecule has 2 aromatic rings. The zero-order valence-electron chi connectivity index (χ0n) is 14.4. The number of aliphatic imine (C=N–C) groups is 1. The average Bonchev–Trinajstić information content (AvgIpc) is 2.60. The van der Waals surface area contributed by atoms with Crippen molar-refractivity contribution >= 4 is 23.5 Å². The number of pyridine rings is 1. The minimum Gasteiger partial charge on any atom is -0.506 e. The van der Waals surface area contributed by atoms with Gasteiger partial charge in [-0.2, -0.15) is 0 Å². The average molecular weight is 353 g/mol. The second-order valence-corrected chi connectivity index (χ2v) is 6.31. The van der Waals surface area contributed by atoms with Crippen molar-refractivity contribution in [1.82, 2.24) is 9.88 Å². The normalized spacial score (nSPS) is 19.8. The van der Waals surface area contributed by atoms with E-state index in [0.29, 0.717) is 5.69 Å².